The number of hydrogen-bond donors (Lipinski definition) is 2. The fourth-order valence-corrected chi connectivity index (χ4v) is 1.19. The Hall–Kier alpha value is -2.22. The zero-order valence-electron chi connectivity index (χ0n) is 9.39. The number of non-ortho nitro benzene ring substituents is 1. The Morgan fingerprint density at radius 1 is 1.56 bits per heavy atom. The van der Waals surface area contributed by atoms with Gasteiger partial charge in [0.2, 0.25) is 5.91 Å². The SMILES string of the molecule is NC(=O)COCCNc1ccc([N+](=O)[O-])cc1F. The number of amides is 1. The highest BCUT2D eigenvalue weighted by Gasteiger charge is 2.09. The van der Waals surface area contributed by atoms with Crippen molar-refractivity contribution in [2.24, 2.45) is 5.73 Å². The first-order valence-corrected chi connectivity index (χ1v) is 5.04. The molecule has 98 valence electrons. The summed E-state index contributed by atoms with van der Waals surface area (Å²) in [7, 11) is 0. The van der Waals surface area contributed by atoms with Crippen LogP contribution in [0.25, 0.3) is 0 Å². The Kier molecular flexibility index (Phi) is 5.00. The molecule has 0 heterocycles. The van der Waals surface area contributed by atoms with Crippen LogP contribution in [0.15, 0.2) is 18.2 Å². The van der Waals surface area contributed by atoms with Gasteiger partial charge in [-0.25, -0.2) is 4.39 Å². The van der Waals surface area contributed by atoms with E-state index in [4.69, 9.17) is 10.5 Å². The number of nitro groups is 1. The highest BCUT2D eigenvalue weighted by molar-refractivity contribution is 5.74. The third-order valence-corrected chi connectivity index (χ3v) is 1.97. The highest BCUT2D eigenvalue weighted by atomic mass is 19.1. The summed E-state index contributed by atoms with van der Waals surface area (Å²) in [5, 5.41) is 13.1. The lowest BCUT2D eigenvalue weighted by atomic mass is 10.2. The van der Waals surface area contributed by atoms with E-state index in [1.807, 2.05) is 0 Å². The van der Waals surface area contributed by atoms with Gasteiger partial charge < -0.3 is 15.8 Å². The number of rotatable bonds is 7. The molecule has 1 amide bonds. The summed E-state index contributed by atoms with van der Waals surface area (Å²) in [5.74, 6) is -1.31. The van der Waals surface area contributed by atoms with Crippen molar-refractivity contribution in [3.8, 4) is 0 Å². The quantitative estimate of drug-likeness (QED) is 0.423. The molecule has 0 aliphatic heterocycles. The van der Waals surface area contributed by atoms with Crippen molar-refractivity contribution in [3.63, 3.8) is 0 Å². The number of primary amides is 1. The van der Waals surface area contributed by atoms with E-state index in [2.05, 4.69) is 5.32 Å². The van der Waals surface area contributed by atoms with E-state index in [1.54, 1.807) is 0 Å². The lowest BCUT2D eigenvalue weighted by Crippen LogP contribution is -2.20. The van der Waals surface area contributed by atoms with E-state index >= 15 is 0 Å². The summed E-state index contributed by atoms with van der Waals surface area (Å²) in [6.45, 7) is 0.214. The fourth-order valence-electron chi connectivity index (χ4n) is 1.19. The number of nitrogens with one attached hydrogen (secondary N) is 1. The predicted molar refractivity (Wildman–Crippen MR) is 61.6 cm³/mol. The molecule has 0 spiro atoms. The summed E-state index contributed by atoms with van der Waals surface area (Å²) in [6, 6.07) is 3.28. The van der Waals surface area contributed by atoms with Gasteiger partial charge in [0, 0.05) is 12.6 Å². The van der Waals surface area contributed by atoms with E-state index in [-0.39, 0.29) is 31.1 Å². The molecule has 0 aliphatic carbocycles. The van der Waals surface area contributed by atoms with Crippen LogP contribution in [0.3, 0.4) is 0 Å². The zero-order chi connectivity index (χ0) is 13.5. The Balaban J connectivity index is 2.43. The molecule has 3 N–H and O–H groups in total. The first kappa shape index (κ1) is 13.8. The van der Waals surface area contributed by atoms with E-state index in [0.29, 0.717) is 0 Å². The van der Waals surface area contributed by atoms with E-state index in [1.165, 1.54) is 12.1 Å². The van der Waals surface area contributed by atoms with Gasteiger partial charge in [-0.15, -0.1) is 0 Å². The van der Waals surface area contributed by atoms with Gasteiger partial charge in [0.05, 0.1) is 23.3 Å². The smallest absolute Gasteiger partial charge is 0.272 e. The number of carbonyl (C=O) groups is 1. The maximum atomic E-state index is 13.4. The molecule has 18 heavy (non-hydrogen) atoms. The molecule has 0 aromatic heterocycles. The lowest BCUT2D eigenvalue weighted by molar-refractivity contribution is -0.385. The van der Waals surface area contributed by atoms with Gasteiger partial charge in [0.15, 0.2) is 5.82 Å². The Morgan fingerprint density at radius 2 is 2.28 bits per heavy atom. The van der Waals surface area contributed by atoms with Gasteiger partial charge in [-0.3, -0.25) is 14.9 Å². The Bertz CT molecular complexity index is 453. The van der Waals surface area contributed by atoms with Crippen LogP contribution in [-0.2, 0) is 9.53 Å². The molecule has 8 heteroatoms. The van der Waals surface area contributed by atoms with Crippen LogP contribution >= 0.6 is 0 Å². The summed E-state index contributed by atoms with van der Waals surface area (Å²) in [4.78, 5) is 20.0. The minimum atomic E-state index is -0.723. The number of halogens is 1. The monoisotopic (exact) mass is 257 g/mol. The minimum Gasteiger partial charge on any atom is -0.380 e. The van der Waals surface area contributed by atoms with Gasteiger partial charge in [0.1, 0.15) is 6.61 Å². The number of anilines is 1. The second kappa shape index (κ2) is 6.50. The first-order chi connectivity index (χ1) is 8.50. The average Bonchev–Trinajstić information content (AvgIpc) is 2.29. The fraction of sp³-hybridized carbons (Fsp3) is 0.300. The van der Waals surface area contributed by atoms with Gasteiger partial charge in [0.25, 0.3) is 5.69 Å². The van der Waals surface area contributed by atoms with Gasteiger partial charge in [-0.1, -0.05) is 0 Å². The van der Waals surface area contributed by atoms with E-state index in [0.717, 1.165) is 6.07 Å². The van der Waals surface area contributed by atoms with Crippen molar-refractivity contribution in [3.05, 3.63) is 34.1 Å². The third kappa shape index (κ3) is 4.34. The van der Waals surface area contributed by atoms with Crippen LogP contribution in [0.2, 0.25) is 0 Å². The number of hydrogen-bond acceptors (Lipinski definition) is 5. The number of ether oxygens (including phenoxy) is 1. The predicted octanol–water partition coefficient (Wildman–Crippen LogP) is 0.648. The van der Waals surface area contributed by atoms with Crippen molar-refractivity contribution >= 4 is 17.3 Å². The molecule has 0 aliphatic rings. The second-order valence-corrected chi connectivity index (χ2v) is 3.37. The highest BCUT2D eigenvalue weighted by Crippen LogP contribution is 2.19. The number of benzene rings is 1. The molecular formula is C10H12FN3O4. The standard InChI is InChI=1S/C10H12FN3O4/c11-8-5-7(14(16)17)1-2-9(8)13-3-4-18-6-10(12)15/h1-2,5,13H,3-4,6H2,(H2,12,15). The number of carbonyl (C=O) groups excluding carboxylic acids is 1. The zero-order valence-corrected chi connectivity index (χ0v) is 9.39. The lowest BCUT2D eigenvalue weighted by Gasteiger charge is -2.07. The topological polar surface area (TPSA) is 107 Å². The molecule has 0 radical (unpaired) electrons. The van der Waals surface area contributed by atoms with Crippen LogP contribution in [0.4, 0.5) is 15.8 Å². The maximum absolute atomic E-state index is 13.4. The van der Waals surface area contributed by atoms with Crippen molar-refractivity contribution < 1.29 is 18.8 Å². The van der Waals surface area contributed by atoms with Gasteiger partial charge in [-0.05, 0) is 6.07 Å². The molecule has 0 unspecified atom stereocenters. The molecule has 1 rings (SSSR count). The van der Waals surface area contributed by atoms with Crippen LogP contribution in [0.1, 0.15) is 0 Å². The molecule has 0 bridgehead atoms. The largest absolute Gasteiger partial charge is 0.380 e. The molecule has 0 atom stereocenters. The van der Waals surface area contributed by atoms with Crippen LogP contribution in [0.5, 0.6) is 0 Å². The Labute approximate surface area is 102 Å². The van der Waals surface area contributed by atoms with Crippen LogP contribution < -0.4 is 11.1 Å². The molecule has 0 fully saturated rings. The number of nitrogens with two attached hydrogens (primary N) is 1. The van der Waals surface area contributed by atoms with Crippen molar-refractivity contribution in [2.75, 3.05) is 25.1 Å². The van der Waals surface area contributed by atoms with Gasteiger partial charge in [-0.2, -0.15) is 0 Å². The number of nitrogens with zero attached hydrogens (tertiary/aromatic N) is 1. The first-order valence-electron chi connectivity index (χ1n) is 5.04. The van der Waals surface area contributed by atoms with E-state index in [9.17, 15) is 19.3 Å². The average molecular weight is 257 g/mol. The Morgan fingerprint density at radius 3 is 2.83 bits per heavy atom. The van der Waals surface area contributed by atoms with Crippen molar-refractivity contribution in [1.82, 2.24) is 0 Å². The summed E-state index contributed by atoms with van der Waals surface area (Å²) < 4.78 is 18.2. The third-order valence-electron chi connectivity index (χ3n) is 1.97. The van der Waals surface area contributed by atoms with Gasteiger partial charge >= 0.3 is 0 Å². The van der Waals surface area contributed by atoms with Crippen molar-refractivity contribution in [2.45, 2.75) is 0 Å². The second-order valence-electron chi connectivity index (χ2n) is 3.37. The molecule has 1 aromatic rings. The maximum Gasteiger partial charge on any atom is 0.272 e. The summed E-state index contributed by atoms with van der Waals surface area (Å²) in [6.07, 6.45) is 0. The van der Waals surface area contributed by atoms with E-state index < -0.39 is 16.6 Å². The summed E-state index contributed by atoms with van der Waals surface area (Å²) in [5.41, 5.74) is 4.66. The van der Waals surface area contributed by atoms with Crippen LogP contribution in [0, 0.1) is 15.9 Å². The normalized spacial score (nSPS) is 10.1. The van der Waals surface area contributed by atoms with Crippen molar-refractivity contribution in [1.29, 1.82) is 0 Å². The molecule has 7 nitrogen and oxygen atoms in total. The molecule has 1 aromatic carbocycles. The molecular weight excluding hydrogens is 245 g/mol. The minimum absolute atomic E-state index is 0.128. The van der Waals surface area contributed by atoms with Crippen LogP contribution in [-0.4, -0.2) is 30.6 Å². The summed E-state index contributed by atoms with van der Waals surface area (Å²) >= 11 is 0. The number of nitro benzene ring substituents is 1. The molecule has 0 saturated carbocycles. The molecule has 0 saturated heterocycles.